The lowest BCUT2D eigenvalue weighted by Crippen LogP contribution is -2.40. The standard InChI is InChI=1S/C23H24FN3O/c24-22-10-8-17(9-11-22)6-7-18-3-2-12-27(16-18)23(28)20-5-1-4-19(13-20)21-14-25-26-15-21/h1,4-5,8-11,13-15,18H,2-3,6-7,12,16H2,(H,25,26)/t18-/m1/s1. The van der Waals surface area contributed by atoms with Gasteiger partial charge in [-0.2, -0.15) is 5.10 Å². The number of hydrogen-bond acceptors (Lipinski definition) is 2. The largest absolute Gasteiger partial charge is 0.338 e. The van der Waals surface area contributed by atoms with Crippen LogP contribution >= 0.6 is 0 Å². The minimum atomic E-state index is -0.198. The Morgan fingerprint density at radius 1 is 1.18 bits per heavy atom. The van der Waals surface area contributed by atoms with Crippen molar-refractivity contribution in [3.8, 4) is 11.1 Å². The van der Waals surface area contributed by atoms with Crippen molar-refractivity contribution in [2.45, 2.75) is 25.7 Å². The number of carbonyl (C=O) groups excluding carboxylic acids is 1. The summed E-state index contributed by atoms with van der Waals surface area (Å²) in [5.41, 5.74) is 3.84. The maximum atomic E-state index is 13.1. The van der Waals surface area contributed by atoms with E-state index in [2.05, 4.69) is 10.2 Å². The number of nitrogens with zero attached hydrogens (tertiary/aromatic N) is 2. The minimum Gasteiger partial charge on any atom is -0.338 e. The van der Waals surface area contributed by atoms with Crippen LogP contribution in [0.25, 0.3) is 11.1 Å². The van der Waals surface area contributed by atoms with E-state index in [9.17, 15) is 9.18 Å². The zero-order valence-corrected chi connectivity index (χ0v) is 15.8. The number of nitrogens with one attached hydrogen (secondary N) is 1. The van der Waals surface area contributed by atoms with Crippen LogP contribution in [0.2, 0.25) is 0 Å². The molecule has 1 amide bonds. The number of hydrogen-bond donors (Lipinski definition) is 1. The lowest BCUT2D eigenvalue weighted by molar-refractivity contribution is 0.0668. The molecule has 4 nitrogen and oxygen atoms in total. The molecule has 0 spiro atoms. The number of halogens is 1. The number of amides is 1. The van der Waals surface area contributed by atoms with Gasteiger partial charge in [0.1, 0.15) is 5.82 Å². The van der Waals surface area contributed by atoms with Gasteiger partial charge in [-0.3, -0.25) is 9.89 Å². The number of piperidine rings is 1. The molecule has 1 fully saturated rings. The molecule has 1 aliphatic rings. The Hall–Kier alpha value is -2.95. The van der Waals surface area contributed by atoms with Crippen LogP contribution in [0.3, 0.4) is 0 Å². The van der Waals surface area contributed by atoms with Crippen LogP contribution in [-0.4, -0.2) is 34.1 Å². The van der Waals surface area contributed by atoms with Gasteiger partial charge in [-0.25, -0.2) is 4.39 Å². The van der Waals surface area contributed by atoms with Gasteiger partial charge in [0.25, 0.3) is 5.91 Å². The highest BCUT2D eigenvalue weighted by molar-refractivity contribution is 5.95. The molecule has 0 radical (unpaired) electrons. The number of aryl methyl sites for hydroxylation is 1. The molecule has 1 aliphatic heterocycles. The molecule has 2 aromatic carbocycles. The maximum absolute atomic E-state index is 13.1. The highest BCUT2D eigenvalue weighted by Crippen LogP contribution is 2.25. The molecular weight excluding hydrogens is 353 g/mol. The number of carbonyl (C=O) groups is 1. The normalized spacial score (nSPS) is 16.9. The highest BCUT2D eigenvalue weighted by atomic mass is 19.1. The summed E-state index contributed by atoms with van der Waals surface area (Å²) in [6, 6.07) is 14.5. The fraction of sp³-hybridized carbons (Fsp3) is 0.304. The summed E-state index contributed by atoms with van der Waals surface area (Å²) in [5.74, 6) is 0.382. The fourth-order valence-electron chi connectivity index (χ4n) is 3.93. The third kappa shape index (κ3) is 4.30. The number of aromatic nitrogens is 2. The first-order valence-electron chi connectivity index (χ1n) is 9.82. The SMILES string of the molecule is O=C(c1cccc(-c2cn[nH]c2)c1)N1CCC[C@H](CCc2ccc(F)cc2)C1. The first kappa shape index (κ1) is 18.4. The number of benzene rings is 2. The molecule has 1 aromatic heterocycles. The molecule has 1 N–H and O–H groups in total. The van der Waals surface area contributed by atoms with Gasteiger partial charge in [-0.05, 0) is 67.0 Å². The molecule has 28 heavy (non-hydrogen) atoms. The van der Waals surface area contributed by atoms with Gasteiger partial charge in [0.15, 0.2) is 0 Å². The Kier molecular flexibility index (Phi) is 5.51. The van der Waals surface area contributed by atoms with Crippen molar-refractivity contribution in [3.63, 3.8) is 0 Å². The molecule has 2 heterocycles. The van der Waals surface area contributed by atoms with Crippen LogP contribution < -0.4 is 0 Å². The number of H-pyrrole nitrogens is 1. The molecule has 0 aliphatic carbocycles. The van der Waals surface area contributed by atoms with E-state index in [1.807, 2.05) is 47.5 Å². The predicted octanol–water partition coefficient (Wildman–Crippen LogP) is 4.70. The monoisotopic (exact) mass is 377 g/mol. The number of rotatable bonds is 5. The number of aromatic amines is 1. The Bertz CT molecular complexity index is 921. The van der Waals surface area contributed by atoms with Gasteiger partial charge in [-0.15, -0.1) is 0 Å². The zero-order valence-electron chi connectivity index (χ0n) is 15.8. The molecule has 1 saturated heterocycles. The maximum Gasteiger partial charge on any atom is 0.253 e. The van der Waals surface area contributed by atoms with Crippen molar-refractivity contribution < 1.29 is 9.18 Å². The minimum absolute atomic E-state index is 0.0943. The lowest BCUT2D eigenvalue weighted by atomic mass is 9.91. The van der Waals surface area contributed by atoms with Crippen LogP contribution in [0.1, 0.15) is 35.2 Å². The summed E-state index contributed by atoms with van der Waals surface area (Å²) in [6.45, 7) is 1.60. The van der Waals surface area contributed by atoms with E-state index >= 15 is 0 Å². The van der Waals surface area contributed by atoms with Gasteiger partial charge in [0.05, 0.1) is 6.20 Å². The first-order valence-corrected chi connectivity index (χ1v) is 9.82. The van der Waals surface area contributed by atoms with E-state index in [4.69, 9.17) is 0 Å². The van der Waals surface area contributed by atoms with E-state index in [0.717, 1.165) is 61.0 Å². The third-order valence-corrected chi connectivity index (χ3v) is 5.50. The van der Waals surface area contributed by atoms with Gasteiger partial charge in [-0.1, -0.05) is 24.3 Å². The Morgan fingerprint density at radius 3 is 2.82 bits per heavy atom. The number of likely N-dealkylation sites (tertiary alicyclic amines) is 1. The summed E-state index contributed by atoms with van der Waals surface area (Å²) in [6.07, 6.45) is 7.70. The van der Waals surface area contributed by atoms with Crippen LogP contribution in [0, 0.1) is 11.7 Å². The summed E-state index contributed by atoms with van der Waals surface area (Å²) in [7, 11) is 0. The van der Waals surface area contributed by atoms with E-state index in [-0.39, 0.29) is 11.7 Å². The van der Waals surface area contributed by atoms with Gasteiger partial charge >= 0.3 is 0 Å². The second kappa shape index (κ2) is 8.38. The molecule has 4 rings (SSSR count). The van der Waals surface area contributed by atoms with Crippen molar-refractivity contribution >= 4 is 5.91 Å². The Morgan fingerprint density at radius 2 is 2.04 bits per heavy atom. The van der Waals surface area contributed by atoms with Crippen molar-refractivity contribution in [1.29, 1.82) is 0 Å². The first-order chi connectivity index (χ1) is 13.7. The highest BCUT2D eigenvalue weighted by Gasteiger charge is 2.24. The van der Waals surface area contributed by atoms with Crippen LogP contribution in [0.5, 0.6) is 0 Å². The summed E-state index contributed by atoms with van der Waals surface area (Å²) < 4.78 is 13.1. The summed E-state index contributed by atoms with van der Waals surface area (Å²) in [4.78, 5) is 15.0. The van der Waals surface area contributed by atoms with Crippen molar-refractivity contribution in [3.05, 3.63) is 77.9 Å². The molecule has 0 unspecified atom stereocenters. The van der Waals surface area contributed by atoms with E-state index < -0.39 is 0 Å². The third-order valence-electron chi connectivity index (χ3n) is 5.50. The lowest BCUT2D eigenvalue weighted by Gasteiger charge is -2.33. The molecule has 1 atom stereocenters. The van der Waals surface area contributed by atoms with Gasteiger partial charge in [0.2, 0.25) is 0 Å². The quantitative estimate of drug-likeness (QED) is 0.701. The predicted molar refractivity (Wildman–Crippen MR) is 107 cm³/mol. The van der Waals surface area contributed by atoms with Gasteiger partial charge < -0.3 is 4.90 Å². The average Bonchev–Trinajstić information content (AvgIpc) is 3.28. The molecule has 144 valence electrons. The fourth-order valence-corrected chi connectivity index (χ4v) is 3.93. The topological polar surface area (TPSA) is 49.0 Å². The molecule has 0 bridgehead atoms. The van der Waals surface area contributed by atoms with E-state index in [1.165, 1.54) is 12.1 Å². The molecule has 0 saturated carbocycles. The zero-order chi connectivity index (χ0) is 19.3. The van der Waals surface area contributed by atoms with Crippen molar-refractivity contribution in [2.24, 2.45) is 5.92 Å². The Labute approximate surface area is 164 Å². The van der Waals surface area contributed by atoms with Crippen LogP contribution in [0.15, 0.2) is 60.9 Å². The van der Waals surface area contributed by atoms with Crippen molar-refractivity contribution in [1.82, 2.24) is 15.1 Å². The summed E-state index contributed by atoms with van der Waals surface area (Å²) >= 11 is 0. The van der Waals surface area contributed by atoms with Crippen molar-refractivity contribution in [2.75, 3.05) is 13.1 Å². The smallest absolute Gasteiger partial charge is 0.253 e. The molecule has 3 aromatic rings. The van der Waals surface area contributed by atoms with Crippen LogP contribution in [-0.2, 0) is 6.42 Å². The Balaban J connectivity index is 1.39. The van der Waals surface area contributed by atoms with Crippen LogP contribution in [0.4, 0.5) is 4.39 Å². The summed E-state index contributed by atoms with van der Waals surface area (Å²) in [5, 5.41) is 6.79. The second-order valence-electron chi connectivity index (χ2n) is 7.49. The van der Waals surface area contributed by atoms with E-state index in [0.29, 0.717) is 5.92 Å². The van der Waals surface area contributed by atoms with E-state index in [1.54, 1.807) is 6.20 Å². The molecular formula is C23H24FN3O. The van der Waals surface area contributed by atoms with Gasteiger partial charge in [0, 0.05) is 30.4 Å². The average molecular weight is 377 g/mol. The molecule has 5 heteroatoms. The second-order valence-corrected chi connectivity index (χ2v) is 7.49.